The minimum atomic E-state index is -1.10. The van der Waals surface area contributed by atoms with E-state index in [1.54, 1.807) is 0 Å². The van der Waals surface area contributed by atoms with Crippen molar-refractivity contribution in [3.05, 3.63) is 11.6 Å². The van der Waals surface area contributed by atoms with Crippen LogP contribution in [0.2, 0.25) is 0 Å². The lowest BCUT2D eigenvalue weighted by atomic mass is 9.78. The molecule has 0 amide bonds. The molecule has 2 heteroatoms. The molecule has 0 heterocycles. The van der Waals surface area contributed by atoms with E-state index in [2.05, 4.69) is 54.5 Å². The van der Waals surface area contributed by atoms with Gasteiger partial charge in [0.2, 0.25) is 0 Å². The molecule has 7 atom stereocenters. The minimum absolute atomic E-state index is 0.582. The molecule has 25 heavy (non-hydrogen) atoms. The van der Waals surface area contributed by atoms with Gasteiger partial charge >= 0.3 is 0 Å². The van der Waals surface area contributed by atoms with Crippen LogP contribution in [-0.2, 0) is 4.74 Å². The van der Waals surface area contributed by atoms with E-state index in [-0.39, 0.29) is 0 Å². The first-order chi connectivity index (χ1) is 11.9. The molecule has 0 aromatic heterocycles. The van der Waals surface area contributed by atoms with E-state index in [0.717, 1.165) is 58.8 Å². The standard InChI is InChI=1S/C23H40OP/c1-8-11-24-22-18-12-19-20-16(18)9-10-17(20)23(21(19)22)25(13(2)3,14(4)5)15(6)7/h10,13-16,18-23H,8-9,11-12H2,1-7H3/q+1/t16?,18?,19?,20?,21-,22?,23-/m0/s1. The van der Waals surface area contributed by atoms with E-state index in [0.29, 0.717) is 6.10 Å². The van der Waals surface area contributed by atoms with Crippen LogP contribution in [-0.4, -0.2) is 35.3 Å². The molecule has 0 N–H and O–H groups in total. The normalized spacial score (nSPS) is 41.7. The zero-order chi connectivity index (χ0) is 18.1. The van der Waals surface area contributed by atoms with Gasteiger partial charge in [-0.1, -0.05) is 13.0 Å². The van der Waals surface area contributed by atoms with Gasteiger partial charge in [0.05, 0.1) is 28.7 Å². The van der Waals surface area contributed by atoms with Crippen LogP contribution in [0, 0.1) is 29.6 Å². The SMILES string of the molecule is CCCOC1C2CC3C4C(=CCC24)[C@H]([P+](C(C)C)(C(C)C)C(C)C)[C@@H]31. The number of hydrogen-bond donors (Lipinski definition) is 0. The van der Waals surface area contributed by atoms with E-state index in [1.807, 2.05) is 5.57 Å². The van der Waals surface area contributed by atoms with Crippen LogP contribution < -0.4 is 0 Å². The Balaban J connectivity index is 1.81. The average molecular weight is 364 g/mol. The Labute approximate surface area is 156 Å². The second kappa shape index (κ2) is 6.34. The Morgan fingerprint density at radius 2 is 1.64 bits per heavy atom. The third-order valence-corrected chi connectivity index (χ3v) is 15.7. The number of allylic oxidation sites excluding steroid dienone is 2. The second-order valence-electron chi connectivity index (χ2n) is 10.2. The Bertz CT molecular complexity index is 527. The van der Waals surface area contributed by atoms with E-state index < -0.39 is 7.26 Å². The molecule has 2 bridgehead atoms. The highest BCUT2D eigenvalue weighted by Gasteiger charge is 2.74. The van der Waals surface area contributed by atoms with Gasteiger partial charge in [-0.3, -0.25) is 0 Å². The van der Waals surface area contributed by atoms with Crippen molar-refractivity contribution in [2.45, 2.75) is 96.5 Å². The first kappa shape index (κ1) is 18.5. The van der Waals surface area contributed by atoms with Crippen molar-refractivity contribution in [3.63, 3.8) is 0 Å². The van der Waals surface area contributed by atoms with Gasteiger partial charge in [0.15, 0.2) is 0 Å². The van der Waals surface area contributed by atoms with Crippen LogP contribution >= 0.6 is 7.26 Å². The van der Waals surface area contributed by atoms with Crippen molar-refractivity contribution >= 4 is 7.26 Å². The van der Waals surface area contributed by atoms with Gasteiger partial charge < -0.3 is 4.74 Å². The van der Waals surface area contributed by atoms with Gasteiger partial charge in [-0.05, 0) is 90.0 Å². The predicted molar refractivity (Wildman–Crippen MR) is 111 cm³/mol. The largest absolute Gasteiger partial charge is 0.377 e. The monoisotopic (exact) mass is 363 g/mol. The predicted octanol–water partition coefficient (Wildman–Crippen LogP) is 6.24. The Hall–Kier alpha value is 0.130. The van der Waals surface area contributed by atoms with Gasteiger partial charge in [0, 0.05) is 19.8 Å². The van der Waals surface area contributed by atoms with Gasteiger partial charge in [0.25, 0.3) is 0 Å². The summed E-state index contributed by atoms with van der Waals surface area (Å²) in [4.78, 5) is 0. The van der Waals surface area contributed by atoms with Crippen molar-refractivity contribution in [2.75, 3.05) is 6.61 Å². The second-order valence-corrected chi connectivity index (χ2v) is 15.7. The molecule has 0 radical (unpaired) electrons. The smallest absolute Gasteiger partial charge is 0.0971 e. The third-order valence-electron chi connectivity index (χ3n) is 8.71. The van der Waals surface area contributed by atoms with Crippen LogP contribution in [0.4, 0.5) is 0 Å². The van der Waals surface area contributed by atoms with Gasteiger partial charge in [-0.2, -0.15) is 0 Å². The van der Waals surface area contributed by atoms with Crippen molar-refractivity contribution in [1.29, 1.82) is 0 Å². The van der Waals surface area contributed by atoms with E-state index in [4.69, 9.17) is 4.74 Å². The zero-order valence-corrected chi connectivity index (χ0v) is 18.4. The summed E-state index contributed by atoms with van der Waals surface area (Å²) in [7, 11) is -1.10. The Kier molecular flexibility index (Phi) is 4.69. The van der Waals surface area contributed by atoms with Crippen LogP contribution in [0.25, 0.3) is 0 Å². The highest BCUT2D eigenvalue weighted by molar-refractivity contribution is 7.78. The van der Waals surface area contributed by atoms with Crippen molar-refractivity contribution < 1.29 is 4.74 Å². The molecule has 0 aromatic carbocycles. The Morgan fingerprint density at radius 1 is 1.00 bits per heavy atom. The van der Waals surface area contributed by atoms with Gasteiger partial charge in [0.1, 0.15) is 0 Å². The van der Waals surface area contributed by atoms with Crippen LogP contribution in [0.1, 0.15) is 67.7 Å². The summed E-state index contributed by atoms with van der Waals surface area (Å²) >= 11 is 0. The summed E-state index contributed by atoms with van der Waals surface area (Å²) in [6.45, 7) is 18.6. The summed E-state index contributed by atoms with van der Waals surface area (Å²) in [5.41, 5.74) is 5.32. The molecule has 4 aliphatic carbocycles. The highest BCUT2D eigenvalue weighted by atomic mass is 31.2. The lowest BCUT2D eigenvalue weighted by Crippen LogP contribution is -2.42. The first-order valence-electron chi connectivity index (χ1n) is 11.1. The number of ether oxygens (including phenoxy) is 1. The minimum Gasteiger partial charge on any atom is -0.377 e. The third kappa shape index (κ3) is 2.21. The maximum absolute atomic E-state index is 6.62. The molecule has 0 aliphatic heterocycles. The van der Waals surface area contributed by atoms with E-state index >= 15 is 0 Å². The fraction of sp³-hybridized carbons (Fsp3) is 0.913. The van der Waals surface area contributed by atoms with Crippen molar-refractivity contribution in [3.8, 4) is 0 Å². The van der Waals surface area contributed by atoms with Crippen molar-refractivity contribution in [2.24, 2.45) is 29.6 Å². The molecular formula is C23H40OP+. The number of rotatable bonds is 7. The molecular weight excluding hydrogens is 323 g/mol. The van der Waals surface area contributed by atoms with E-state index in [9.17, 15) is 0 Å². The van der Waals surface area contributed by atoms with Crippen LogP contribution in [0.15, 0.2) is 11.6 Å². The fourth-order valence-corrected chi connectivity index (χ4v) is 15.8. The Morgan fingerprint density at radius 3 is 2.20 bits per heavy atom. The molecule has 1 nitrogen and oxygen atoms in total. The maximum atomic E-state index is 6.62. The summed E-state index contributed by atoms with van der Waals surface area (Å²) in [6, 6.07) is 0. The maximum Gasteiger partial charge on any atom is 0.0971 e. The average Bonchev–Trinajstić information content (AvgIpc) is 3.21. The molecule has 3 fully saturated rings. The molecule has 0 saturated heterocycles. The molecule has 0 spiro atoms. The molecule has 142 valence electrons. The molecule has 3 saturated carbocycles. The lowest BCUT2D eigenvalue weighted by Gasteiger charge is -2.46. The van der Waals surface area contributed by atoms with Gasteiger partial charge in [-0.25, -0.2) is 0 Å². The number of hydrogen-bond acceptors (Lipinski definition) is 1. The van der Waals surface area contributed by atoms with Crippen LogP contribution in [0.3, 0.4) is 0 Å². The summed E-state index contributed by atoms with van der Waals surface area (Å²) in [6.07, 6.45) is 7.33. The quantitative estimate of drug-likeness (QED) is 0.384. The fourth-order valence-electron chi connectivity index (χ4n) is 8.50. The zero-order valence-electron chi connectivity index (χ0n) is 17.5. The molecule has 0 aromatic rings. The number of fused-ring (bicyclic) bond motifs is 2. The van der Waals surface area contributed by atoms with Crippen molar-refractivity contribution in [1.82, 2.24) is 0 Å². The molecule has 4 rings (SSSR count). The molecule has 4 aliphatic rings. The van der Waals surface area contributed by atoms with E-state index in [1.165, 1.54) is 19.3 Å². The summed E-state index contributed by atoms with van der Waals surface area (Å²) < 4.78 is 6.62. The topological polar surface area (TPSA) is 9.23 Å². The van der Waals surface area contributed by atoms with Crippen LogP contribution in [0.5, 0.6) is 0 Å². The lowest BCUT2D eigenvalue weighted by molar-refractivity contribution is -0.0317. The first-order valence-corrected chi connectivity index (χ1v) is 13.1. The highest BCUT2D eigenvalue weighted by Crippen LogP contribution is 2.84. The van der Waals surface area contributed by atoms with Gasteiger partial charge in [-0.15, -0.1) is 0 Å². The molecule has 5 unspecified atom stereocenters. The summed E-state index contributed by atoms with van der Waals surface area (Å²) in [5, 5.41) is 0. The summed E-state index contributed by atoms with van der Waals surface area (Å²) in [5.74, 6) is 4.59.